The molecule has 2 N–H and O–H groups in total. The summed E-state index contributed by atoms with van der Waals surface area (Å²) in [5.74, 6) is -1.96. The van der Waals surface area contributed by atoms with E-state index in [0.717, 1.165) is 22.0 Å². The Kier molecular flexibility index (Phi) is 12.2. The molecule has 0 saturated carbocycles. The number of esters is 1. The second kappa shape index (κ2) is 15.6. The highest BCUT2D eigenvalue weighted by molar-refractivity contribution is 5.92. The summed E-state index contributed by atoms with van der Waals surface area (Å²) in [5, 5.41) is 6.14. The van der Waals surface area contributed by atoms with Crippen LogP contribution >= 0.6 is 0 Å². The number of amides is 2. The smallest absolute Gasteiger partial charge is 0.325 e. The van der Waals surface area contributed by atoms with Crippen molar-refractivity contribution in [3.05, 3.63) is 60.5 Å². The van der Waals surface area contributed by atoms with E-state index < -0.39 is 30.1 Å². The Labute approximate surface area is 255 Å². The van der Waals surface area contributed by atoms with Crippen LogP contribution in [0.25, 0.3) is 16.8 Å². The lowest BCUT2D eigenvalue weighted by molar-refractivity contribution is -0.157. The van der Waals surface area contributed by atoms with Gasteiger partial charge >= 0.3 is 5.97 Å². The summed E-state index contributed by atoms with van der Waals surface area (Å²) in [6, 6.07) is 6.21. The van der Waals surface area contributed by atoms with Crippen LogP contribution in [0.4, 0.5) is 0 Å². The molecule has 0 aliphatic carbocycles. The number of fused-ring (bicyclic) bond motifs is 1. The van der Waals surface area contributed by atoms with Gasteiger partial charge in [-0.3, -0.25) is 29.2 Å². The van der Waals surface area contributed by atoms with Gasteiger partial charge in [-0.15, -0.1) is 0 Å². The number of ether oxygens (including phenoxy) is 1. The first-order valence-corrected chi connectivity index (χ1v) is 15.2. The van der Waals surface area contributed by atoms with E-state index in [1.54, 1.807) is 19.2 Å². The van der Waals surface area contributed by atoms with Crippen molar-refractivity contribution in [3.8, 4) is 0 Å². The van der Waals surface area contributed by atoms with E-state index in [9.17, 15) is 19.2 Å². The monoisotopic (exact) mass is 590 g/mol. The SMILES string of the molecule is C=Cc1cc2cc([C@@H](C)OC(=O)[C@@H]3CCCN(C(=O)[C@H](C)NC(=O)[C@@H](CC(=O)[C@@H](/C=C/C)CC)C(C)C)N3)ccc2cn1. The van der Waals surface area contributed by atoms with Gasteiger partial charge in [-0.25, -0.2) is 5.43 Å². The number of nitrogens with one attached hydrogen (secondary N) is 2. The Morgan fingerprint density at radius 2 is 1.91 bits per heavy atom. The lowest BCUT2D eigenvalue weighted by Crippen LogP contribution is -2.59. The van der Waals surface area contributed by atoms with Gasteiger partial charge in [-0.2, -0.15) is 0 Å². The number of hydrogen-bond acceptors (Lipinski definition) is 7. The molecule has 1 aliphatic rings. The van der Waals surface area contributed by atoms with Crippen molar-refractivity contribution in [2.24, 2.45) is 17.8 Å². The lowest BCUT2D eigenvalue weighted by atomic mass is 9.85. The highest BCUT2D eigenvalue weighted by atomic mass is 16.5. The largest absolute Gasteiger partial charge is 0.457 e. The third-order valence-corrected chi connectivity index (χ3v) is 8.05. The molecule has 1 saturated heterocycles. The zero-order valence-electron chi connectivity index (χ0n) is 26.3. The van der Waals surface area contributed by atoms with E-state index in [1.807, 2.05) is 71.0 Å². The highest BCUT2D eigenvalue weighted by Gasteiger charge is 2.34. The predicted molar refractivity (Wildman–Crippen MR) is 168 cm³/mol. The van der Waals surface area contributed by atoms with Gasteiger partial charge in [0.05, 0.1) is 5.69 Å². The van der Waals surface area contributed by atoms with Gasteiger partial charge in [0.1, 0.15) is 24.0 Å². The van der Waals surface area contributed by atoms with E-state index in [2.05, 4.69) is 22.3 Å². The molecule has 2 heterocycles. The van der Waals surface area contributed by atoms with Crippen LogP contribution in [0.1, 0.15) is 84.6 Å². The molecule has 1 aliphatic heterocycles. The molecule has 1 fully saturated rings. The van der Waals surface area contributed by atoms with Gasteiger partial charge < -0.3 is 10.1 Å². The summed E-state index contributed by atoms with van der Waals surface area (Å²) >= 11 is 0. The van der Waals surface area contributed by atoms with Crippen molar-refractivity contribution >= 4 is 40.4 Å². The summed E-state index contributed by atoms with van der Waals surface area (Å²) in [6.07, 6.45) is 8.59. The number of hydrazine groups is 1. The minimum Gasteiger partial charge on any atom is -0.457 e. The molecule has 2 amide bonds. The predicted octanol–water partition coefficient (Wildman–Crippen LogP) is 5.32. The number of ketones is 1. The molecule has 2 aromatic rings. The molecule has 1 aromatic heterocycles. The molecule has 3 rings (SSSR count). The van der Waals surface area contributed by atoms with Crippen LogP contribution in [0.5, 0.6) is 0 Å². The molecule has 0 bridgehead atoms. The summed E-state index contributed by atoms with van der Waals surface area (Å²) < 4.78 is 5.79. The number of nitrogens with zero attached hydrogens (tertiary/aromatic N) is 2. The van der Waals surface area contributed by atoms with Crippen LogP contribution in [0, 0.1) is 17.8 Å². The van der Waals surface area contributed by atoms with Crippen LogP contribution in [-0.2, 0) is 23.9 Å². The Hall–Kier alpha value is -3.85. The molecule has 0 unspecified atom stereocenters. The number of pyridine rings is 1. The number of carbonyl (C=O) groups excluding carboxylic acids is 4. The molecule has 0 spiro atoms. The molecule has 0 radical (unpaired) electrons. The first-order valence-electron chi connectivity index (χ1n) is 15.2. The minimum atomic E-state index is -0.838. The molecule has 43 heavy (non-hydrogen) atoms. The first kappa shape index (κ1) is 33.6. The fourth-order valence-corrected chi connectivity index (χ4v) is 5.30. The van der Waals surface area contributed by atoms with Crippen molar-refractivity contribution in [1.82, 2.24) is 20.7 Å². The van der Waals surface area contributed by atoms with Crippen LogP contribution < -0.4 is 10.7 Å². The third kappa shape index (κ3) is 8.83. The maximum Gasteiger partial charge on any atom is 0.325 e. The molecule has 232 valence electrons. The minimum absolute atomic E-state index is 0.0175. The van der Waals surface area contributed by atoms with Crippen LogP contribution in [0.3, 0.4) is 0 Å². The second-order valence-electron chi connectivity index (χ2n) is 11.6. The van der Waals surface area contributed by atoms with Crippen molar-refractivity contribution in [1.29, 1.82) is 0 Å². The van der Waals surface area contributed by atoms with Gasteiger partial charge in [0.25, 0.3) is 5.91 Å². The quantitative estimate of drug-likeness (QED) is 0.240. The maximum atomic E-state index is 13.3. The summed E-state index contributed by atoms with van der Waals surface area (Å²) in [5.41, 5.74) is 4.61. The Balaban J connectivity index is 1.59. The lowest BCUT2D eigenvalue weighted by Gasteiger charge is -2.35. The summed E-state index contributed by atoms with van der Waals surface area (Å²) in [6.45, 7) is 15.2. The van der Waals surface area contributed by atoms with Crippen molar-refractivity contribution in [3.63, 3.8) is 0 Å². The van der Waals surface area contributed by atoms with Gasteiger partial charge in [0.15, 0.2) is 0 Å². The molecule has 9 nitrogen and oxygen atoms in total. The van der Waals surface area contributed by atoms with E-state index >= 15 is 0 Å². The number of carbonyl (C=O) groups is 4. The zero-order chi connectivity index (χ0) is 31.7. The van der Waals surface area contributed by atoms with E-state index in [1.165, 1.54) is 5.01 Å². The number of benzene rings is 1. The maximum absolute atomic E-state index is 13.3. The van der Waals surface area contributed by atoms with Crippen molar-refractivity contribution < 1.29 is 23.9 Å². The van der Waals surface area contributed by atoms with Crippen LogP contribution in [0.2, 0.25) is 0 Å². The topological polar surface area (TPSA) is 118 Å². The van der Waals surface area contributed by atoms with Gasteiger partial charge in [-0.1, -0.05) is 51.6 Å². The average Bonchev–Trinajstić information content (AvgIpc) is 3.00. The average molecular weight is 591 g/mol. The van der Waals surface area contributed by atoms with E-state index in [4.69, 9.17) is 4.74 Å². The first-order chi connectivity index (χ1) is 20.5. The Bertz CT molecular complexity index is 1350. The number of allylic oxidation sites excluding steroid dienone is 2. The molecular weight excluding hydrogens is 544 g/mol. The highest BCUT2D eigenvalue weighted by Crippen LogP contribution is 2.25. The molecule has 1 aromatic carbocycles. The fourth-order valence-electron chi connectivity index (χ4n) is 5.30. The van der Waals surface area contributed by atoms with Gasteiger partial charge in [0.2, 0.25) is 5.91 Å². The van der Waals surface area contributed by atoms with Crippen molar-refractivity contribution in [2.45, 2.75) is 85.4 Å². The van der Waals surface area contributed by atoms with Crippen LogP contribution in [0.15, 0.2) is 49.2 Å². The zero-order valence-corrected chi connectivity index (χ0v) is 26.3. The molecule has 5 atom stereocenters. The van der Waals surface area contributed by atoms with Gasteiger partial charge in [0, 0.05) is 36.4 Å². The summed E-state index contributed by atoms with van der Waals surface area (Å²) in [4.78, 5) is 56.7. The number of aromatic nitrogens is 1. The third-order valence-electron chi connectivity index (χ3n) is 8.05. The molecular formula is C34H46N4O5. The number of rotatable bonds is 13. The summed E-state index contributed by atoms with van der Waals surface area (Å²) in [7, 11) is 0. The van der Waals surface area contributed by atoms with E-state index in [-0.39, 0.29) is 35.9 Å². The second-order valence-corrected chi connectivity index (χ2v) is 11.6. The van der Waals surface area contributed by atoms with Crippen LogP contribution in [-0.4, -0.2) is 52.2 Å². The number of Topliss-reactive ketones (excluding diaryl/α,β-unsaturated/α-hetero) is 1. The number of hydrogen-bond donors (Lipinski definition) is 2. The fraction of sp³-hybridized carbons (Fsp3) is 0.500. The molecule has 9 heteroatoms. The normalized spacial score (nSPS) is 18.2. The van der Waals surface area contributed by atoms with E-state index in [0.29, 0.717) is 25.8 Å². The van der Waals surface area contributed by atoms with Crippen molar-refractivity contribution in [2.75, 3.05) is 6.54 Å². The Morgan fingerprint density at radius 3 is 2.56 bits per heavy atom. The van der Waals surface area contributed by atoms with Gasteiger partial charge in [-0.05, 0) is 75.1 Å². The standard InChI is InChI=1S/C34H46N4O5/c1-8-12-24(9-2)31(39)19-29(21(4)5)32(40)36-22(6)33(41)38-16-11-13-30(37-38)34(42)43-23(7)25-14-15-26-20-35-28(10-3)18-27(26)17-25/h8,10,12,14-15,17-18,20-24,29-30,37H,3,9,11,13,16,19H2,1-2,4-7H3,(H,36,40)/b12-8+/t22-,23+,24+,29-,30-/m0/s1. The Morgan fingerprint density at radius 1 is 1.16 bits per heavy atom.